The fraction of sp³-hybridized carbons (Fsp3) is 0.250. The van der Waals surface area contributed by atoms with E-state index in [0.29, 0.717) is 5.02 Å². The lowest BCUT2D eigenvalue weighted by Crippen LogP contribution is -2.12. The summed E-state index contributed by atoms with van der Waals surface area (Å²) in [5, 5.41) is 4.01. The second-order valence-electron chi connectivity index (χ2n) is 4.57. The summed E-state index contributed by atoms with van der Waals surface area (Å²) in [6.45, 7) is 5.89. The third kappa shape index (κ3) is 3.98. The third-order valence-electron chi connectivity index (χ3n) is 2.90. The molecule has 2 nitrogen and oxygen atoms in total. The maximum Gasteiger partial charge on any atom is 0.141 e. The summed E-state index contributed by atoms with van der Waals surface area (Å²) in [5.41, 5.74) is 2.37. The van der Waals surface area contributed by atoms with E-state index in [0.717, 1.165) is 34.6 Å². The molecular formula is C16H17BrClNO. The van der Waals surface area contributed by atoms with Crippen LogP contribution in [0, 0.1) is 6.92 Å². The number of hydrogen-bond acceptors (Lipinski definition) is 2. The van der Waals surface area contributed by atoms with Gasteiger partial charge < -0.3 is 10.1 Å². The van der Waals surface area contributed by atoms with Crippen LogP contribution in [0.3, 0.4) is 0 Å². The molecule has 0 unspecified atom stereocenters. The van der Waals surface area contributed by atoms with Gasteiger partial charge in [-0.05, 0) is 53.7 Å². The van der Waals surface area contributed by atoms with Gasteiger partial charge in [0.2, 0.25) is 0 Å². The van der Waals surface area contributed by atoms with Crippen LogP contribution in [-0.4, -0.2) is 6.54 Å². The summed E-state index contributed by atoms with van der Waals surface area (Å²) >= 11 is 9.42. The smallest absolute Gasteiger partial charge is 0.141 e. The molecule has 0 aliphatic carbocycles. The Balaban J connectivity index is 2.27. The number of halogens is 2. The molecule has 0 amide bonds. The Labute approximate surface area is 133 Å². The molecule has 0 aliphatic heterocycles. The minimum absolute atomic E-state index is 0.681. The molecule has 0 saturated heterocycles. The fourth-order valence-electron chi connectivity index (χ4n) is 1.88. The van der Waals surface area contributed by atoms with E-state index >= 15 is 0 Å². The molecule has 0 aliphatic rings. The van der Waals surface area contributed by atoms with Crippen molar-refractivity contribution in [3.05, 3.63) is 57.0 Å². The maximum absolute atomic E-state index is 6.00. The molecule has 2 aromatic rings. The van der Waals surface area contributed by atoms with Gasteiger partial charge in [-0.2, -0.15) is 0 Å². The van der Waals surface area contributed by atoms with E-state index in [9.17, 15) is 0 Å². The van der Waals surface area contributed by atoms with Crippen LogP contribution in [0.1, 0.15) is 18.1 Å². The van der Waals surface area contributed by atoms with Crippen LogP contribution < -0.4 is 10.1 Å². The minimum atomic E-state index is 0.681. The largest absolute Gasteiger partial charge is 0.456 e. The molecule has 4 heteroatoms. The quantitative estimate of drug-likeness (QED) is 0.785. The zero-order valence-electron chi connectivity index (χ0n) is 11.5. The van der Waals surface area contributed by atoms with E-state index in [1.165, 1.54) is 5.56 Å². The zero-order valence-corrected chi connectivity index (χ0v) is 13.9. The van der Waals surface area contributed by atoms with Gasteiger partial charge in [0.25, 0.3) is 0 Å². The van der Waals surface area contributed by atoms with Crippen LogP contribution in [-0.2, 0) is 6.54 Å². The Morgan fingerprint density at radius 1 is 1.15 bits per heavy atom. The molecule has 0 aromatic heterocycles. The maximum atomic E-state index is 6.00. The van der Waals surface area contributed by atoms with E-state index in [1.807, 2.05) is 24.3 Å². The lowest BCUT2D eigenvalue weighted by atomic mass is 10.1. The first-order valence-corrected chi connectivity index (χ1v) is 7.70. The van der Waals surface area contributed by atoms with Crippen LogP contribution in [0.15, 0.2) is 40.9 Å². The Morgan fingerprint density at radius 3 is 2.60 bits per heavy atom. The summed E-state index contributed by atoms with van der Waals surface area (Å²) in [4.78, 5) is 0. The fourth-order valence-corrected chi connectivity index (χ4v) is 2.65. The molecule has 0 spiro atoms. The van der Waals surface area contributed by atoms with Crippen molar-refractivity contribution < 1.29 is 4.74 Å². The van der Waals surface area contributed by atoms with Crippen LogP contribution in [0.5, 0.6) is 11.5 Å². The standard InChI is InChI=1S/C16H17BrClNO/c1-3-19-10-12-8-11(2)4-6-15(12)20-16-7-5-13(18)9-14(16)17/h4-9,19H,3,10H2,1-2H3. The van der Waals surface area contributed by atoms with Gasteiger partial charge in [-0.3, -0.25) is 0 Å². The molecule has 0 radical (unpaired) electrons. The summed E-state index contributed by atoms with van der Waals surface area (Å²) in [6.07, 6.45) is 0. The first kappa shape index (κ1) is 15.4. The molecule has 0 saturated carbocycles. The number of rotatable bonds is 5. The molecule has 2 aromatic carbocycles. The second kappa shape index (κ2) is 7.11. The van der Waals surface area contributed by atoms with Crippen molar-refractivity contribution in [1.82, 2.24) is 5.32 Å². The zero-order chi connectivity index (χ0) is 14.5. The topological polar surface area (TPSA) is 21.3 Å². The molecule has 0 atom stereocenters. The monoisotopic (exact) mass is 353 g/mol. The van der Waals surface area contributed by atoms with Crippen molar-refractivity contribution >= 4 is 27.5 Å². The number of benzene rings is 2. The first-order chi connectivity index (χ1) is 9.60. The van der Waals surface area contributed by atoms with Gasteiger partial charge in [0.05, 0.1) is 4.47 Å². The normalized spacial score (nSPS) is 10.6. The summed E-state index contributed by atoms with van der Waals surface area (Å²) < 4.78 is 6.85. The molecule has 106 valence electrons. The van der Waals surface area contributed by atoms with Crippen molar-refractivity contribution in [3.8, 4) is 11.5 Å². The number of aryl methyl sites for hydroxylation is 1. The van der Waals surface area contributed by atoms with Gasteiger partial charge in [0.15, 0.2) is 0 Å². The van der Waals surface area contributed by atoms with Crippen molar-refractivity contribution in [2.75, 3.05) is 6.54 Å². The van der Waals surface area contributed by atoms with Crippen LogP contribution in [0.2, 0.25) is 5.02 Å². The Kier molecular flexibility index (Phi) is 5.46. The van der Waals surface area contributed by atoms with E-state index in [4.69, 9.17) is 16.3 Å². The minimum Gasteiger partial charge on any atom is -0.456 e. The molecule has 20 heavy (non-hydrogen) atoms. The number of nitrogens with one attached hydrogen (secondary N) is 1. The molecule has 2 rings (SSSR count). The molecular weight excluding hydrogens is 338 g/mol. The molecule has 1 N–H and O–H groups in total. The van der Waals surface area contributed by atoms with Gasteiger partial charge >= 0.3 is 0 Å². The van der Waals surface area contributed by atoms with Gasteiger partial charge in [-0.25, -0.2) is 0 Å². The van der Waals surface area contributed by atoms with Crippen molar-refractivity contribution in [2.45, 2.75) is 20.4 Å². The summed E-state index contributed by atoms with van der Waals surface area (Å²) in [7, 11) is 0. The average Bonchev–Trinajstić information content (AvgIpc) is 2.41. The van der Waals surface area contributed by atoms with Gasteiger partial charge in [0.1, 0.15) is 11.5 Å². The highest BCUT2D eigenvalue weighted by atomic mass is 79.9. The molecule has 0 bridgehead atoms. The summed E-state index contributed by atoms with van der Waals surface area (Å²) in [5.74, 6) is 1.62. The number of hydrogen-bond donors (Lipinski definition) is 1. The predicted molar refractivity (Wildman–Crippen MR) is 87.8 cm³/mol. The molecule has 0 heterocycles. The van der Waals surface area contributed by atoms with Crippen molar-refractivity contribution in [1.29, 1.82) is 0 Å². The van der Waals surface area contributed by atoms with E-state index in [1.54, 1.807) is 0 Å². The lowest BCUT2D eigenvalue weighted by Gasteiger charge is -2.13. The Hall–Kier alpha value is -1.03. The third-order valence-corrected chi connectivity index (χ3v) is 3.75. The number of ether oxygens (including phenoxy) is 1. The highest BCUT2D eigenvalue weighted by Crippen LogP contribution is 2.33. The van der Waals surface area contributed by atoms with Gasteiger partial charge in [0, 0.05) is 17.1 Å². The van der Waals surface area contributed by atoms with Crippen LogP contribution in [0.4, 0.5) is 0 Å². The lowest BCUT2D eigenvalue weighted by molar-refractivity contribution is 0.470. The first-order valence-electron chi connectivity index (χ1n) is 6.53. The highest BCUT2D eigenvalue weighted by molar-refractivity contribution is 9.10. The van der Waals surface area contributed by atoms with Gasteiger partial charge in [-0.15, -0.1) is 0 Å². The predicted octanol–water partition coefficient (Wildman–Crippen LogP) is 5.31. The van der Waals surface area contributed by atoms with Gasteiger partial charge in [-0.1, -0.05) is 36.2 Å². The van der Waals surface area contributed by atoms with Crippen molar-refractivity contribution in [3.63, 3.8) is 0 Å². The van der Waals surface area contributed by atoms with Crippen LogP contribution >= 0.6 is 27.5 Å². The van der Waals surface area contributed by atoms with E-state index < -0.39 is 0 Å². The SMILES string of the molecule is CCNCc1cc(C)ccc1Oc1ccc(Cl)cc1Br. The average molecular weight is 355 g/mol. The van der Waals surface area contributed by atoms with Crippen molar-refractivity contribution in [2.24, 2.45) is 0 Å². The Morgan fingerprint density at radius 2 is 1.90 bits per heavy atom. The highest BCUT2D eigenvalue weighted by Gasteiger charge is 2.08. The molecule has 0 fully saturated rings. The van der Waals surface area contributed by atoms with Crippen LogP contribution in [0.25, 0.3) is 0 Å². The Bertz CT molecular complexity index is 601. The second-order valence-corrected chi connectivity index (χ2v) is 5.86. The summed E-state index contributed by atoms with van der Waals surface area (Å²) in [6, 6.07) is 11.7. The van der Waals surface area contributed by atoms with E-state index in [-0.39, 0.29) is 0 Å². The van der Waals surface area contributed by atoms with E-state index in [2.05, 4.69) is 47.2 Å².